The molecule has 0 saturated heterocycles. The lowest BCUT2D eigenvalue weighted by molar-refractivity contribution is -0.137. The normalized spacial score (nSPS) is 10.8. The lowest BCUT2D eigenvalue weighted by Crippen LogP contribution is -2.38. The van der Waals surface area contributed by atoms with Crippen LogP contribution in [0.25, 0.3) is 0 Å². The number of carbonyl (C=O) groups excluding carboxylic acids is 1. The van der Waals surface area contributed by atoms with Crippen molar-refractivity contribution in [2.45, 2.75) is 46.6 Å². The lowest BCUT2D eigenvalue weighted by atomic mass is 10.1. The van der Waals surface area contributed by atoms with Crippen LogP contribution in [0.5, 0.6) is 0 Å². The first kappa shape index (κ1) is 15.2. The Bertz CT molecular complexity index is 446. The molecular formula is C13H21N3O3. The van der Waals surface area contributed by atoms with Gasteiger partial charge in [-0.05, 0) is 34.1 Å². The second-order valence-electron chi connectivity index (χ2n) is 4.90. The van der Waals surface area contributed by atoms with Crippen molar-refractivity contribution in [1.82, 2.24) is 15.1 Å². The number of aryl methyl sites for hydroxylation is 2. The van der Waals surface area contributed by atoms with Crippen LogP contribution in [0.2, 0.25) is 0 Å². The quantitative estimate of drug-likeness (QED) is 0.822. The summed E-state index contributed by atoms with van der Waals surface area (Å²) >= 11 is 0. The van der Waals surface area contributed by atoms with E-state index in [1.54, 1.807) is 11.8 Å². The highest BCUT2D eigenvalue weighted by Gasteiger charge is 2.23. The van der Waals surface area contributed by atoms with E-state index in [-0.39, 0.29) is 18.4 Å². The number of carbonyl (C=O) groups is 2. The van der Waals surface area contributed by atoms with Crippen molar-refractivity contribution in [1.29, 1.82) is 0 Å². The number of amides is 1. The van der Waals surface area contributed by atoms with Gasteiger partial charge in [0.15, 0.2) is 0 Å². The fourth-order valence-corrected chi connectivity index (χ4v) is 2.00. The van der Waals surface area contributed by atoms with Crippen LogP contribution in [0.4, 0.5) is 0 Å². The summed E-state index contributed by atoms with van der Waals surface area (Å²) < 4.78 is 0. The Balaban J connectivity index is 2.82. The number of hydrogen-bond acceptors (Lipinski definition) is 3. The average Bonchev–Trinajstić information content (AvgIpc) is 2.63. The smallest absolute Gasteiger partial charge is 0.303 e. The number of nitrogens with one attached hydrogen (secondary N) is 1. The molecule has 6 nitrogen and oxygen atoms in total. The molecule has 0 bridgehead atoms. The molecule has 0 radical (unpaired) electrons. The van der Waals surface area contributed by atoms with E-state index in [1.165, 1.54) is 0 Å². The first-order valence-corrected chi connectivity index (χ1v) is 6.39. The van der Waals surface area contributed by atoms with Gasteiger partial charge in [-0.1, -0.05) is 0 Å². The van der Waals surface area contributed by atoms with E-state index < -0.39 is 5.97 Å². The summed E-state index contributed by atoms with van der Waals surface area (Å²) in [4.78, 5) is 24.7. The summed E-state index contributed by atoms with van der Waals surface area (Å²) in [6.07, 6.45) is 0.523. The maximum Gasteiger partial charge on any atom is 0.303 e. The molecule has 19 heavy (non-hydrogen) atoms. The van der Waals surface area contributed by atoms with Gasteiger partial charge in [-0.25, -0.2) is 0 Å². The second-order valence-corrected chi connectivity index (χ2v) is 4.90. The van der Waals surface area contributed by atoms with E-state index in [0.717, 1.165) is 5.69 Å². The predicted octanol–water partition coefficient (Wildman–Crippen LogP) is 1.74. The van der Waals surface area contributed by atoms with Crippen LogP contribution in [0.3, 0.4) is 0 Å². The summed E-state index contributed by atoms with van der Waals surface area (Å²) in [6.45, 7) is 7.87. The zero-order chi connectivity index (χ0) is 14.6. The Morgan fingerprint density at radius 3 is 2.42 bits per heavy atom. The summed E-state index contributed by atoms with van der Waals surface area (Å²) in [5.41, 5.74) is 2.00. The zero-order valence-electron chi connectivity index (χ0n) is 11.9. The van der Waals surface area contributed by atoms with Gasteiger partial charge in [0.1, 0.15) is 0 Å². The molecule has 0 atom stereocenters. The molecule has 2 N–H and O–H groups in total. The van der Waals surface area contributed by atoms with Crippen LogP contribution in [-0.2, 0) is 4.79 Å². The molecule has 0 aromatic carbocycles. The predicted molar refractivity (Wildman–Crippen MR) is 71.1 cm³/mol. The van der Waals surface area contributed by atoms with Crippen molar-refractivity contribution in [2.75, 3.05) is 6.54 Å². The molecule has 0 aliphatic rings. The number of H-pyrrole nitrogens is 1. The van der Waals surface area contributed by atoms with E-state index in [4.69, 9.17) is 5.11 Å². The van der Waals surface area contributed by atoms with Gasteiger partial charge in [0.2, 0.25) is 0 Å². The molecule has 0 spiro atoms. The molecule has 0 fully saturated rings. The highest BCUT2D eigenvalue weighted by Crippen LogP contribution is 2.15. The van der Waals surface area contributed by atoms with Gasteiger partial charge in [0.05, 0.1) is 11.3 Å². The summed E-state index contributed by atoms with van der Waals surface area (Å²) in [7, 11) is 0. The van der Waals surface area contributed by atoms with Crippen molar-refractivity contribution in [3.8, 4) is 0 Å². The minimum atomic E-state index is -0.841. The Kier molecular flexibility index (Phi) is 5.09. The molecule has 1 rings (SSSR count). The largest absolute Gasteiger partial charge is 0.481 e. The molecule has 1 amide bonds. The number of nitrogens with zero attached hydrogens (tertiary/aromatic N) is 2. The first-order valence-electron chi connectivity index (χ1n) is 6.39. The summed E-state index contributed by atoms with van der Waals surface area (Å²) in [6, 6.07) is 0.0231. The van der Waals surface area contributed by atoms with Crippen molar-refractivity contribution in [3.63, 3.8) is 0 Å². The highest BCUT2D eigenvalue weighted by molar-refractivity contribution is 5.96. The number of aliphatic carboxylic acids is 1. The van der Waals surface area contributed by atoms with Gasteiger partial charge in [0.25, 0.3) is 5.91 Å². The molecule has 0 unspecified atom stereocenters. The monoisotopic (exact) mass is 267 g/mol. The third-order valence-electron chi connectivity index (χ3n) is 3.02. The Labute approximate surface area is 112 Å². The number of aromatic nitrogens is 2. The zero-order valence-corrected chi connectivity index (χ0v) is 11.9. The van der Waals surface area contributed by atoms with Gasteiger partial charge in [-0.2, -0.15) is 5.10 Å². The lowest BCUT2D eigenvalue weighted by Gasteiger charge is -2.26. The molecule has 0 aliphatic heterocycles. The fourth-order valence-electron chi connectivity index (χ4n) is 2.00. The van der Waals surface area contributed by atoms with Gasteiger partial charge in [-0.15, -0.1) is 0 Å². The van der Waals surface area contributed by atoms with Crippen LogP contribution in [0.15, 0.2) is 0 Å². The van der Waals surface area contributed by atoms with Crippen molar-refractivity contribution < 1.29 is 14.7 Å². The standard InChI is InChI=1S/C13H21N3O3/c1-8(2)16(7-5-6-11(17)18)13(19)12-9(3)14-15-10(12)4/h8H,5-7H2,1-4H3,(H,14,15)(H,17,18). The molecule has 0 saturated carbocycles. The van der Waals surface area contributed by atoms with Crippen LogP contribution in [-0.4, -0.2) is 44.7 Å². The minimum Gasteiger partial charge on any atom is -0.481 e. The molecular weight excluding hydrogens is 246 g/mol. The Hall–Kier alpha value is -1.85. The van der Waals surface area contributed by atoms with E-state index in [9.17, 15) is 9.59 Å². The first-order chi connectivity index (χ1) is 8.84. The Morgan fingerprint density at radius 2 is 2.00 bits per heavy atom. The second kappa shape index (κ2) is 6.36. The van der Waals surface area contributed by atoms with Crippen LogP contribution in [0.1, 0.15) is 48.4 Å². The molecule has 106 valence electrons. The molecule has 6 heteroatoms. The molecule has 1 aromatic heterocycles. The number of carboxylic acids is 1. The van der Waals surface area contributed by atoms with Gasteiger partial charge in [0, 0.05) is 24.7 Å². The van der Waals surface area contributed by atoms with Crippen molar-refractivity contribution in [2.24, 2.45) is 0 Å². The van der Waals surface area contributed by atoms with Crippen LogP contribution < -0.4 is 0 Å². The number of hydrogen-bond donors (Lipinski definition) is 2. The van der Waals surface area contributed by atoms with E-state index >= 15 is 0 Å². The molecule has 1 heterocycles. The SMILES string of the molecule is Cc1n[nH]c(C)c1C(=O)N(CCCC(=O)O)C(C)C. The molecule has 0 aliphatic carbocycles. The van der Waals surface area contributed by atoms with Crippen molar-refractivity contribution in [3.05, 3.63) is 17.0 Å². The highest BCUT2D eigenvalue weighted by atomic mass is 16.4. The summed E-state index contributed by atoms with van der Waals surface area (Å²) in [5, 5.41) is 15.5. The van der Waals surface area contributed by atoms with E-state index in [0.29, 0.717) is 24.2 Å². The third-order valence-corrected chi connectivity index (χ3v) is 3.02. The third kappa shape index (κ3) is 3.81. The molecule has 1 aromatic rings. The van der Waals surface area contributed by atoms with Gasteiger partial charge < -0.3 is 10.0 Å². The van der Waals surface area contributed by atoms with Crippen LogP contribution >= 0.6 is 0 Å². The maximum atomic E-state index is 12.5. The van der Waals surface area contributed by atoms with Crippen molar-refractivity contribution >= 4 is 11.9 Å². The number of aromatic amines is 1. The fraction of sp³-hybridized carbons (Fsp3) is 0.615. The van der Waals surface area contributed by atoms with E-state index in [1.807, 2.05) is 20.8 Å². The summed E-state index contributed by atoms with van der Waals surface area (Å²) in [5.74, 6) is -0.934. The van der Waals surface area contributed by atoms with Crippen LogP contribution in [0, 0.1) is 13.8 Å². The minimum absolute atomic E-state index is 0.0231. The number of rotatable bonds is 6. The van der Waals surface area contributed by atoms with Gasteiger partial charge in [-0.3, -0.25) is 14.7 Å². The number of carboxylic acid groups (broad SMARTS) is 1. The average molecular weight is 267 g/mol. The Morgan fingerprint density at radius 1 is 1.37 bits per heavy atom. The topological polar surface area (TPSA) is 86.3 Å². The van der Waals surface area contributed by atoms with E-state index in [2.05, 4.69) is 10.2 Å². The maximum absolute atomic E-state index is 12.5. The van der Waals surface area contributed by atoms with Gasteiger partial charge >= 0.3 is 5.97 Å².